The van der Waals surface area contributed by atoms with E-state index in [0.717, 1.165) is 5.75 Å². The summed E-state index contributed by atoms with van der Waals surface area (Å²) in [5.41, 5.74) is 0.622. The van der Waals surface area contributed by atoms with E-state index in [1.807, 2.05) is 20.8 Å². The minimum Gasteiger partial charge on any atom is -0.491 e. The fourth-order valence-corrected chi connectivity index (χ4v) is 2.44. The van der Waals surface area contributed by atoms with Crippen molar-refractivity contribution in [2.45, 2.75) is 39.1 Å². The van der Waals surface area contributed by atoms with Crippen LogP contribution in [0.15, 0.2) is 24.3 Å². The molecule has 1 heterocycles. The molecule has 1 amide bonds. The van der Waals surface area contributed by atoms with Crippen LogP contribution in [0.3, 0.4) is 0 Å². The predicted octanol–water partition coefficient (Wildman–Crippen LogP) is 1.70. The van der Waals surface area contributed by atoms with E-state index in [1.165, 1.54) is 0 Å². The Hall–Kier alpha value is -1.59. The maximum atomic E-state index is 12.5. The molecule has 1 aromatic rings. The van der Waals surface area contributed by atoms with Crippen LogP contribution in [0.4, 0.5) is 0 Å². The first-order chi connectivity index (χ1) is 9.99. The van der Waals surface area contributed by atoms with Gasteiger partial charge in [-0.05, 0) is 45.0 Å². The van der Waals surface area contributed by atoms with Crippen molar-refractivity contribution in [1.29, 1.82) is 0 Å². The number of rotatable bonds is 4. The fourth-order valence-electron chi connectivity index (χ4n) is 2.44. The zero-order valence-corrected chi connectivity index (χ0v) is 12.8. The summed E-state index contributed by atoms with van der Waals surface area (Å²) in [7, 11) is 0. The molecule has 0 aromatic heterocycles. The monoisotopic (exact) mass is 293 g/mol. The molecule has 0 bridgehead atoms. The molecular formula is C16H23NO4. The van der Waals surface area contributed by atoms with Crippen LogP contribution in [0, 0.1) is 0 Å². The van der Waals surface area contributed by atoms with Crippen molar-refractivity contribution in [3.63, 3.8) is 0 Å². The Morgan fingerprint density at radius 3 is 2.62 bits per heavy atom. The quantitative estimate of drug-likeness (QED) is 0.918. The van der Waals surface area contributed by atoms with E-state index in [-0.39, 0.29) is 30.8 Å². The number of hydrogen-bond acceptors (Lipinski definition) is 4. The number of carbonyl (C=O) groups excluding carboxylic acids is 1. The van der Waals surface area contributed by atoms with Crippen molar-refractivity contribution in [1.82, 2.24) is 4.90 Å². The number of amides is 1. The topological polar surface area (TPSA) is 59.0 Å². The summed E-state index contributed by atoms with van der Waals surface area (Å²) in [4.78, 5) is 14.2. The third kappa shape index (κ3) is 4.19. The smallest absolute Gasteiger partial charge is 0.254 e. The molecule has 0 aliphatic carbocycles. The normalized spacial score (nSPS) is 22.4. The minimum absolute atomic E-state index is 0.0419. The van der Waals surface area contributed by atoms with Gasteiger partial charge in [-0.1, -0.05) is 0 Å². The molecule has 2 rings (SSSR count). The molecule has 116 valence electrons. The van der Waals surface area contributed by atoms with Gasteiger partial charge in [-0.3, -0.25) is 4.79 Å². The first kappa shape index (κ1) is 15.8. The molecule has 1 aromatic carbocycles. The highest BCUT2D eigenvalue weighted by Gasteiger charge is 2.28. The zero-order chi connectivity index (χ0) is 15.4. The maximum absolute atomic E-state index is 12.5. The molecule has 5 nitrogen and oxygen atoms in total. The second kappa shape index (κ2) is 6.91. The van der Waals surface area contributed by atoms with Crippen molar-refractivity contribution >= 4 is 5.91 Å². The van der Waals surface area contributed by atoms with Gasteiger partial charge in [0.25, 0.3) is 5.91 Å². The van der Waals surface area contributed by atoms with E-state index in [2.05, 4.69) is 0 Å². The number of aliphatic hydroxyl groups excluding tert-OH is 1. The van der Waals surface area contributed by atoms with Gasteiger partial charge in [0, 0.05) is 18.7 Å². The average Bonchev–Trinajstić information content (AvgIpc) is 2.46. The van der Waals surface area contributed by atoms with Crippen LogP contribution in [0.5, 0.6) is 5.75 Å². The van der Waals surface area contributed by atoms with Crippen molar-refractivity contribution in [3.8, 4) is 5.75 Å². The Balaban J connectivity index is 2.05. The molecule has 1 aliphatic rings. The van der Waals surface area contributed by atoms with Crippen LogP contribution >= 0.6 is 0 Å². The summed E-state index contributed by atoms with van der Waals surface area (Å²) in [6, 6.07) is 7.16. The third-order valence-corrected chi connectivity index (χ3v) is 3.29. The first-order valence-electron chi connectivity index (χ1n) is 7.32. The van der Waals surface area contributed by atoms with Crippen molar-refractivity contribution in [3.05, 3.63) is 29.8 Å². The Bertz CT molecular complexity index is 472. The van der Waals surface area contributed by atoms with Gasteiger partial charge in [-0.25, -0.2) is 0 Å². The number of aliphatic hydroxyl groups is 1. The summed E-state index contributed by atoms with van der Waals surface area (Å²) in [6.45, 7) is 6.72. The summed E-state index contributed by atoms with van der Waals surface area (Å²) in [6.07, 6.45) is -0.262. The molecule has 2 unspecified atom stereocenters. The van der Waals surface area contributed by atoms with Crippen LogP contribution in [0.1, 0.15) is 31.1 Å². The zero-order valence-electron chi connectivity index (χ0n) is 12.8. The molecular weight excluding hydrogens is 270 g/mol. The molecule has 1 N–H and O–H groups in total. The van der Waals surface area contributed by atoms with Gasteiger partial charge in [-0.2, -0.15) is 0 Å². The van der Waals surface area contributed by atoms with E-state index in [4.69, 9.17) is 9.47 Å². The second-order valence-electron chi connectivity index (χ2n) is 5.65. The largest absolute Gasteiger partial charge is 0.491 e. The average molecular weight is 293 g/mol. The Morgan fingerprint density at radius 2 is 2.05 bits per heavy atom. The Labute approximate surface area is 125 Å². The molecule has 2 atom stereocenters. The van der Waals surface area contributed by atoms with Gasteiger partial charge in [0.2, 0.25) is 0 Å². The van der Waals surface area contributed by atoms with Gasteiger partial charge in [0.05, 0.1) is 24.9 Å². The van der Waals surface area contributed by atoms with E-state index >= 15 is 0 Å². The molecule has 0 spiro atoms. The number of morpholine rings is 1. The van der Waals surface area contributed by atoms with E-state index in [0.29, 0.717) is 18.7 Å². The molecule has 1 aliphatic heterocycles. The Kier molecular flexibility index (Phi) is 5.20. The van der Waals surface area contributed by atoms with Gasteiger partial charge >= 0.3 is 0 Å². The number of ether oxygens (including phenoxy) is 2. The lowest BCUT2D eigenvalue weighted by molar-refractivity contribution is -0.0858. The van der Waals surface area contributed by atoms with Gasteiger partial charge < -0.3 is 19.5 Å². The third-order valence-electron chi connectivity index (χ3n) is 3.29. The molecule has 5 heteroatoms. The summed E-state index contributed by atoms with van der Waals surface area (Å²) in [5, 5.41) is 9.22. The van der Waals surface area contributed by atoms with Crippen molar-refractivity contribution in [2.24, 2.45) is 0 Å². The van der Waals surface area contributed by atoms with E-state index in [1.54, 1.807) is 29.2 Å². The highest BCUT2D eigenvalue weighted by molar-refractivity contribution is 5.94. The lowest BCUT2D eigenvalue weighted by atomic mass is 10.1. The summed E-state index contributed by atoms with van der Waals surface area (Å²) < 4.78 is 11.1. The first-order valence-corrected chi connectivity index (χ1v) is 7.32. The minimum atomic E-state index is -0.304. The molecule has 1 saturated heterocycles. The van der Waals surface area contributed by atoms with Crippen LogP contribution < -0.4 is 4.74 Å². The fraction of sp³-hybridized carbons (Fsp3) is 0.562. The van der Waals surface area contributed by atoms with Gasteiger partial charge in [-0.15, -0.1) is 0 Å². The number of hydrogen-bond donors (Lipinski definition) is 1. The number of carbonyl (C=O) groups is 1. The Morgan fingerprint density at radius 1 is 1.38 bits per heavy atom. The predicted molar refractivity (Wildman–Crippen MR) is 79.5 cm³/mol. The van der Waals surface area contributed by atoms with Gasteiger partial charge in [0.1, 0.15) is 5.75 Å². The molecule has 0 radical (unpaired) electrons. The van der Waals surface area contributed by atoms with Crippen LogP contribution in [-0.2, 0) is 4.74 Å². The number of benzene rings is 1. The van der Waals surface area contributed by atoms with E-state index < -0.39 is 0 Å². The van der Waals surface area contributed by atoms with Crippen molar-refractivity contribution < 1.29 is 19.4 Å². The standard InChI is InChI=1S/C16H23NO4/c1-11(2)20-14-6-4-13(5-7-14)16(19)17-8-12(3)21-15(9-17)10-18/h4-7,11-12,15,18H,8-10H2,1-3H3. The second-order valence-corrected chi connectivity index (χ2v) is 5.65. The highest BCUT2D eigenvalue weighted by Crippen LogP contribution is 2.18. The molecule has 0 saturated carbocycles. The number of nitrogens with zero attached hydrogens (tertiary/aromatic N) is 1. The van der Waals surface area contributed by atoms with Gasteiger partial charge in [0.15, 0.2) is 0 Å². The van der Waals surface area contributed by atoms with Crippen LogP contribution in [0.2, 0.25) is 0 Å². The lowest BCUT2D eigenvalue weighted by Crippen LogP contribution is -2.50. The summed E-state index contributed by atoms with van der Waals surface area (Å²) in [5.74, 6) is 0.713. The van der Waals surface area contributed by atoms with Crippen LogP contribution in [-0.4, -0.2) is 53.9 Å². The highest BCUT2D eigenvalue weighted by atomic mass is 16.5. The van der Waals surface area contributed by atoms with E-state index in [9.17, 15) is 9.90 Å². The molecule has 21 heavy (non-hydrogen) atoms. The maximum Gasteiger partial charge on any atom is 0.254 e. The van der Waals surface area contributed by atoms with Crippen molar-refractivity contribution in [2.75, 3.05) is 19.7 Å². The lowest BCUT2D eigenvalue weighted by Gasteiger charge is -2.36. The summed E-state index contributed by atoms with van der Waals surface area (Å²) >= 11 is 0. The van der Waals surface area contributed by atoms with Crippen LogP contribution in [0.25, 0.3) is 0 Å². The SMILES string of the molecule is CC(C)Oc1ccc(C(=O)N2CC(C)OC(CO)C2)cc1. The molecule has 1 fully saturated rings.